The standard InChI is InChI=1S/C27H22FNO2/c28-24-12-14-25(15-13-24)29-18-23-11-16-26(30-19-21-7-3-1-4-8-21)17-27(23)31-20-22-9-5-2-6-10-22/h1-18H,19-20H2/b29-18+. The summed E-state index contributed by atoms with van der Waals surface area (Å²) in [6.45, 7) is 0.905. The van der Waals surface area contributed by atoms with E-state index < -0.39 is 0 Å². The van der Waals surface area contributed by atoms with Crippen LogP contribution in [-0.2, 0) is 13.2 Å². The summed E-state index contributed by atoms with van der Waals surface area (Å²) in [5, 5.41) is 0. The molecule has 4 aromatic rings. The highest BCUT2D eigenvalue weighted by molar-refractivity contribution is 5.85. The SMILES string of the molecule is Fc1ccc(/N=C/c2ccc(OCc3ccccc3)cc2OCc2ccccc2)cc1. The zero-order valence-electron chi connectivity index (χ0n) is 16.9. The van der Waals surface area contributed by atoms with Crippen molar-refractivity contribution in [2.75, 3.05) is 0 Å². The van der Waals surface area contributed by atoms with Gasteiger partial charge >= 0.3 is 0 Å². The molecule has 0 atom stereocenters. The van der Waals surface area contributed by atoms with Crippen LogP contribution >= 0.6 is 0 Å². The molecule has 0 aromatic heterocycles. The lowest BCUT2D eigenvalue weighted by molar-refractivity contribution is 0.289. The van der Waals surface area contributed by atoms with Crippen LogP contribution in [0.1, 0.15) is 16.7 Å². The molecule has 31 heavy (non-hydrogen) atoms. The summed E-state index contributed by atoms with van der Waals surface area (Å²) in [5.41, 5.74) is 3.64. The van der Waals surface area contributed by atoms with Crippen molar-refractivity contribution in [3.05, 3.63) is 126 Å². The molecule has 0 saturated heterocycles. The Morgan fingerprint density at radius 3 is 1.94 bits per heavy atom. The Hall–Kier alpha value is -3.92. The van der Waals surface area contributed by atoms with E-state index in [1.807, 2.05) is 78.9 Å². The molecule has 0 spiro atoms. The monoisotopic (exact) mass is 411 g/mol. The number of hydrogen-bond acceptors (Lipinski definition) is 3. The van der Waals surface area contributed by atoms with Gasteiger partial charge in [0.2, 0.25) is 0 Å². The van der Waals surface area contributed by atoms with Crippen LogP contribution in [0.2, 0.25) is 0 Å². The third-order valence-corrected chi connectivity index (χ3v) is 4.65. The first kappa shape index (κ1) is 20.4. The molecule has 3 nitrogen and oxygen atoms in total. The summed E-state index contributed by atoms with van der Waals surface area (Å²) in [6, 6.07) is 31.7. The molecule has 154 valence electrons. The van der Waals surface area contributed by atoms with Crippen LogP contribution in [0, 0.1) is 5.82 Å². The van der Waals surface area contributed by atoms with Gasteiger partial charge in [-0.25, -0.2) is 4.39 Å². The highest BCUT2D eigenvalue weighted by Gasteiger charge is 2.06. The summed E-state index contributed by atoms with van der Waals surface area (Å²) in [5.74, 6) is 1.09. The van der Waals surface area contributed by atoms with Gasteiger partial charge in [0, 0.05) is 17.8 Å². The number of rotatable bonds is 8. The van der Waals surface area contributed by atoms with Gasteiger partial charge in [-0.1, -0.05) is 60.7 Å². The van der Waals surface area contributed by atoms with Crippen molar-refractivity contribution < 1.29 is 13.9 Å². The number of benzene rings is 4. The number of aliphatic imine (C=N–C) groups is 1. The van der Waals surface area contributed by atoms with E-state index in [4.69, 9.17) is 9.47 Å². The van der Waals surface area contributed by atoms with Crippen molar-refractivity contribution in [1.29, 1.82) is 0 Å². The van der Waals surface area contributed by atoms with Gasteiger partial charge in [-0.15, -0.1) is 0 Å². The van der Waals surface area contributed by atoms with Crippen LogP contribution in [0.15, 0.2) is 108 Å². The van der Waals surface area contributed by atoms with Gasteiger partial charge in [0.05, 0.1) is 5.69 Å². The molecule has 0 fully saturated rings. The molecule has 4 rings (SSSR count). The van der Waals surface area contributed by atoms with Crippen LogP contribution in [-0.4, -0.2) is 6.21 Å². The van der Waals surface area contributed by atoms with Gasteiger partial charge in [-0.3, -0.25) is 4.99 Å². The molecular formula is C27H22FNO2. The first-order chi connectivity index (χ1) is 15.3. The molecule has 0 aliphatic rings. The van der Waals surface area contributed by atoms with Gasteiger partial charge in [-0.2, -0.15) is 0 Å². The Labute approximate surface area is 181 Å². The molecule has 0 amide bonds. The van der Waals surface area contributed by atoms with E-state index in [9.17, 15) is 4.39 Å². The van der Waals surface area contributed by atoms with Crippen LogP contribution in [0.25, 0.3) is 0 Å². The zero-order chi connectivity index (χ0) is 21.3. The van der Waals surface area contributed by atoms with Crippen molar-refractivity contribution in [1.82, 2.24) is 0 Å². The molecular weight excluding hydrogens is 389 g/mol. The maximum atomic E-state index is 13.1. The second-order valence-electron chi connectivity index (χ2n) is 6.98. The number of ether oxygens (including phenoxy) is 2. The Morgan fingerprint density at radius 2 is 1.29 bits per heavy atom. The van der Waals surface area contributed by atoms with E-state index in [1.165, 1.54) is 12.1 Å². The third-order valence-electron chi connectivity index (χ3n) is 4.65. The molecule has 4 heteroatoms. The maximum absolute atomic E-state index is 13.1. The van der Waals surface area contributed by atoms with Crippen molar-refractivity contribution >= 4 is 11.9 Å². The van der Waals surface area contributed by atoms with E-state index in [1.54, 1.807) is 18.3 Å². The number of hydrogen-bond donors (Lipinski definition) is 0. The van der Waals surface area contributed by atoms with Gasteiger partial charge in [0.1, 0.15) is 30.5 Å². The van der Waals surface area contributed by atoms with E-state index in [0.29, 0.717) is 30.4 Å². The minimum Gasteiger partial charge on any atom is -0.489 e. The van der Waals surface area contributed by atoms with Crippen LogP contribution in [0.3, 0.4) is 0 Å². The van der Waals surface area contributed by atoms with Gasteiger partial charge in [-0.05, 0) is 47.5 Å². The molecule has 0 bridgehead atoms. The average molecular weight is 411 g/mol. The van der Waals surface area contributed by atoms with E-state index in [-0.39, 0.29) is 5.82 Å². The minimum atomic E-state index is -0.286. The molecule has 0 radical (unpaired) electrons. The summed E-state index contributed by atoms with van der Waals surface area (Å²) < 4.78 is 25.2. The van der Waals surface area contributed by atoms with Gasteiger partial charge < -0.3 is 9.47 Å². The summed E-state index contributed by atoms with van der Waals surface area (Å²) in [4.78, 5) is 4.44. The smallest absolute Gasteiger partial charge is 0.132 e. The van der Waals surface area contributed by atoms with Gasteiger partial charge in [0.15, 0.2) is 0 Å². The van der Waals surface area contributed by atoms with Gasteiger partial charge in [0.25, 0.3) is 0 Å². The molecule has 0 unspecified atom stereocenters. The Balaban J connectivity index is 1.54. The predicted octanol–water partition coefficient (Wildman–Crippen LogP) is 6.73. The van der Waals surface area contributed by atoms with Crippen molar-refractivity contribution in [2.45, 2.75) is 13.2 Å². The van der Waals surface area contributed by atoms with Crippen molar-refractivity contribution in [3.8, 4) is 11.5 Å². The number of halogens is 1. The topological polar surface area (TPSA) is 30.8 Å². The fourth-order valence-corrected chi connectivity index (χ4v) is 2.98. The fourth-order valence-electron chi connectivity index (χ4n) is 2.98. The lowest BCUT2D eigenvalue weighted by Gasteiger charge is -2.12. The lowest BCUT2D eigenvalue weighted by atomic mass is 10.2. The quantitative estimate of drug-likeness (QED) is 0.301. The Morgan fingerprint density at radius 1 is 0.677 bits per heavy atom. The van der Waals surface area contributed by atoms with E-state index in [0.717, 1.165) is 16.7 Å². The second kappa shape index (κ2) is 10.2. The molecule has 0 saturated carbocycles. The summed E-state index contributed by atoms with van der Waals surface area (Å²) in [7, 11) is 0. The maximum Gasteiger partial charge on any atom is 0.132 e. The lowest BCUT2D eigenvalue weighted by Crippen LogP contribution is -2.00. The Bertz CT molecular complexity index is 1130. The molecule has 0 aliphatic carbocycles. The van der Waals surface area contributed by atoms with Crippen molar-refractivity contribution in [3.63, 3.8) is 0 Å². The molecule has 4 aromatic carbocycles. The largest absolute Gasteiger partial charge is 0.489 e. The average Bonchev–Trinajstić information content (AvgIpc) is 2.83. The number of nitrogens with zero attached hydrogens (tertiary/aromatic N) is 1. The zero-order valence-corrected chi connectivity index (χ0v) is 16.9. The second-order valence-corrected chi connectivity index (χ2v) is 6.98. The predicted molar refractivity (Wildman–Crippen MR) is 122 cm³/mol. The first-order valence-electron chi connectivity index (χ1n) is 10.0. The molecule has 0 N–H and O–H groups in total. The normalized spacial score (nSPS) is 10.9. The van der Waals surface area contributed by atoms with E-state index in [2.05, 4.69) is 4.99 Å². The third kappa shape index (κ3) is 6.03. The fraction of sp³-hybridized carbons (Fsp3) is 0.0741. The van der Waals surface area contributed by atoms with E-state index >= 15 is 0 Å². The highest BCUT2D eigenvalue weighted by Crippen LogP contribution is 2.26. The van der Waals surface area contributed by atoms with Crippen LogP contribution in [0.4, 0.5) is 10.1 Å². The minimum absolute atomic E-state index is 0.286. The van der Waals surface area contributed by atoms with Crippen LogP contribution < -0.4 is 9.47 Å². The summed E-state index contributed by atoms with van der Waals surface area (Å²) in [6.07, 6.45) is 1.72. The first-order valence-corrected chi connectivity index (χ1v) is 10.0. The molecule has 0 heterocycles. The van der Waals surface area contributed by atoms with Crippen molar-refractivity contribution in [2.24, 2.45) is 4.99 Å². The summed E-state index contributed by atoms with van der Waals surface area (Å²) >= 11 is 0. The highest BCUT2D eigenvalue weighted by atomic mass is 19.1. The Kier molecular flexibility index (Phi) is 6.71. The molecule has 0 aliphatic heterocycles. The van der Waals surface area contributed by atoms with Crippen LogP contribution in [0.5, 0.6) is 11.5 Å².